The van der Waals surface area contributed by atoms with Crippen molar-refractivity contribution in [2.45, 2.75) is 13.5 Å². The maximum absolute atomic E-state index is 12.2. The minimum absolute atomic E-state index is 0.327. The van der Waals surface area contributed by atoms with Crippen molar-refractivity contribution in [3.63, 3.8) is 0 Å². The summed E-state index contributed by atoms with van der Waals surface area (Å²) in [5.74, 6) is 0.219. The monoisotopic (exact) mass is 385 g/mol. The van der Waals surface area contributed by atoms with E-state index in [-0.39, 0.29) is 5.91 Å². The molecule has 0 aliphatic heterocycles. The van der Waals surface area contributed by atoms with E-state index in [2.05, 4.69) is 15.5 Å². The van der Waals surface area contributed by atoms with Crippen LogP contribution >= 0.6 is 0 Å². The Morgan fingerprint density at radius 3 is 2.79 bits per heavy atom. The molecule has 29 heavy (non-hydrogen) atoms. The Kier molecular flexibility index (Phi) is 5.29. The molecule has 0 radical (unpaired) electrons. The number of pyridine rings is 1. The SMILES string of the molecule is Cc1occc1C(=O)N/N=C\c1cn(Cc2ccccc2)nc1-c1cccnc1. The fourth-order valence-electron chi connectivity index (χ4n) is 2.95. The molecule has 0 atom stereocenters. The van der Waals surface area contributed by atoms with E-state index in [1.54, 1.807) is 31.6 Å². The van der Waals surface area contributed by atoms with Gasteiger partial charge in [0.25, 0.3) is 5.91 Å². The average molecular weight is 385 g/mol. The van der Waals surface area contributed by atoms with Crippen molar-refractivity contribution in [1.82, 2.24) is 20.2 Å². The lowest BCUT2D eigenvalue weighted by molar-refractivity contribution is 0.0953. The van der Waals surface area contributed by atoms with Crippen molar-refractivity contribution in [3.8, 4) is 11.3 Å². The summed E-state index contributed by atoms with van der Waals surface area (Å²) in [7, 11) is 0. The Morgan fingerprint density at radius 1 is 1.21 bits per heavy atom. The fraction of sp³-hybridized carbons (Fsp3) is 0.0909. The van der Waals surface area contributed by atoms with E-state index in [1.807, 2.05) is 53.3 Å². The van der Waals surface area contributed by atoms with Gasteiger partial charge in [-0.15, -0.1) is 0 Å². The van der Waals surface area contributed by atoms with Crippen LogP contribution in [0.5, 0.6) is 0 Å². The normalized spacial score (nSPS) is 11.1. The molecule has 1 N–H and O–H groups in total. The molecule has 4 aromatic rings. The van der Waals surface area contributed by atoms with Crippen molar-refractivity contribution >= 4 is 12.1 Å². The molecule has 0 saturated carbocycles. The van der Waals surface area contributed by atoms with E-state index < -0.39 is 0 Å². The van der Waals surface area contributed by atoms with E-state index in [1.165, 1.54) is 6.26 Å². The van der Waals surface area contributed by atoms with Crippen LogP contribution in [-0.4, -0.2) is 26.9 Å². The Bertz CT molecular complexity index is 1130. The lowest BCUT2D eigenvalue weighted by Gasteiger charge is -2.01. The smallest absolute Gasteiger partial charge is 0.274 e. The van der Waals surface area contributed by atoms with E-state index >= 15 is 0 Å². The molecule has 144 valence electrons. The van der Waals surface area contributed by atoms with Gasteiger partial charge in [-0.05, 0) is 30.7 Å². The number of nitrogens with zero attached hydrogens (tertiary/aromatic N) is 4. The second-order valence-electron chi connectivity index (χ2n) is 6.45. The summed E-state index contributed by atoms with van der Waals surface area (Å²) in [6.45, 7) is 2.36. The Morgan fingerprint density at radius 2 is 2.07 bits per heavy atom. The number of rotatable bonds is 6. The van der Waals surface area contributed by atoms with Gasteiger partial charge < -0.3 is 4.42 Å². The zero-order chi connectivity index (χ0) is 20.1. The molecule has 7 heteroatoms. The van der Waals surface area contributed by atoms with Crippen LogP contribution in [0.25, 0.3) is 11.3 Å². The first-order valence-corrected chi connectivity index (χ1v) is 9.10. The Labute approximate surface area is 167 Å². The number of benzene rings is 1. The van der Waals surface area contributed by atoms with Crippen molar-refractivity contribution in [2.75, 3.05) is 0 Å². The predicted octanol–water partition coefficient (Wildman–Crippen LogP) is 3.66. The highest BCUT2D eigenvalue weighted by Gasteiger charge is 2.12. The molecule has 0 bridgehead atoms. The van der Waals surface area contributed by atoms with Gasteiger partial charge >= 0.3 is 0 Å². The van der Waals surface area contributed by atoms with Gasteiger partial charge in [-0.1, -0.05) is 30.3 Å². The molecule has 1 amide bonds. The topological polar surface area (TPSA) is 85.3 Å². The van der Waals surface area contributed by atoms with Crippen LogP contribution in [0.4, 0.5) is 0 Å². The number of carbonyl (C=O) groups excluding carboxylic acids is 1. The number of carbonyl (C=O) groups is 1. The van der Waals surface area contributed by atoms with E-state index in [9.17, 15) is 4.79 Å². The zero-order valence-electron chi connectivity index (χ0n) is 15.8. The van der Waals surface area contributed by atoms with E-state index in [0.29, 0.717) is 17.9 Å². The quantitative estimate of drug-likeness (QED) is 0.405. The van der Waals surface area contributed by atoms with Crippen LogP contribution in [0.2, 0.25) is 0 Å². The molecule has 0 fully saturated rings. The summed E-state index contributed by atoms with van der Waals surface area (Å²) in [4.78, 5) is 16.4. The van der Waals surface area contributed by atoms with Gasteiger partial charge in [0.05, 0.1) is 24.6 Å². The van der Waals surface area contributed by atoms with Crippen LogP contribution in [0.1, 0.15) is 27.2 Å². The standard InChI is InChI=1S/C22H19N5O2/c1-16-20(9-11-29-16)22(28)25-24-13-19-15-27(14-17-6-3-2-4-7-17)26-21(19)18-8-5-10-23-12-18/h2-13,15H,14H2,1H3,(H,25,28)/b24-13-. The van der Waals surface area contributed by atoms with Crippen molar-refractivity contribution in [2.24, 2.45) is 5.10 Å². The first-order valence-electron chi connectivity index (χ1n) is 9.10. The van der Waals surface area contributed by atoms with Gasteiger partial charge in [0.1, 0.15) is 11.5 Å². The molecule has 3 heterocycles. The highest BCUT2D eigenvalue weighted by molar-refractivity contribution is 5.96. The largest absolute Gasteiger partial charge is 0.469 e. The highest BCUT2D eigenvalue weighted by Crippen LogP contribution is 2.20. The number of hydrogen-bond acceptors (Lipinski definition) is 5. The third-order valence-corrected chi connectivity index (χ3v) is 4.39. The van der Waals surface area contributed by atoms with E-state index in [4.69, 9.17) is 9.52 Å². The van der Waals surface area contributed by atoms with Crippen molar-refractivity contribution in [3.05, 3.63) is 95.8 Å². The number of amides is 1. The van der Waals surface area contributed by atoms with Gasteiger partial charge in [-0.3, -0.25) is 14.5 Å². The Hall–Kier alpha value is -4.00. The zero-order valence-corrected chi connectivity index (χ0v) is 15.8. The molecule has 0 unspecified atom stereocenters. The third-order valence-electron chi connectivity index (χ3n) is 4.39. The van der Waals surface area contributed by atoms with Crippen LogP contribution < -0.4 is 5.43 Å². The fourth-order valence-corrected chi connectivity index (χ4v) is 2.95. The van der Waals surface area contributed by atoms with Crippen molar-refractivity contribution < 1.29 is 9.21 Å². The minimum Gasteiger partial charge on any atom is -0.469 e. The lowest BCUT2D eigenvalue weighted by Crippen LogP contribution is -2.17. The van der Waals surface area contributed by atoms with Crippen LogP contribution in [0.15, 0.2) is 82.9 Å². The molecule has 7 nitrogen and oxygen atoms in total. The van der Waals surface area contributed by atoms with Crippen LogP contribution in [-0.2, 0) is 6.54 Å². The molecular formula is C22H19N5O2. The summed E-state index contributed by atoms with van der Waals surface area (Å²) in [6, 6.07) is 15.5. The second-order valence-corrected chi connectivity index (χ2v) is 6.45. The third kappa shape index (κ3) is 4.30. The van der Waals surface area contributed by atoms with Crippen LogP contribution in [0.3, 0.4) is 0 Å². The van der Waals surface area contributed by atoms with Gasteiger partial charge in [0.2, 0.25) is 0 Å². The maximum atomic E-state index is 12.2. The lowest BCUT2D eigenvalue weighted by atomic mass is 10.1. The second kappa shape index (κ2) is 8.35. The predicted molar refractivity (Wildman–Crippen MR) is 110 cm³/mol. The highest BCUT2D eigenvalue weighted by atomic mass is 16.3. The van der Waals surface area contributed by atoms with E-state index in [0.717, 1.165) is 22.4 Å². The summed E-state index contributed by atoms with van der Waals surface area (Å²) < 4.78 is 7.00. The maximum Gasteiger partial charge on any atom is 0.274 e. The molecule has 0 saturated heterocycles. The number of hydrogen-bond donors (Lipinski definition) is 1. The average Bonchev–Trinajstić information content (AvgIpc) is 3.35. The van der Waals surface area contributed by atoms with Gasteiger partial charge in [0, 0.05) is 29.7 Å². The van der Waals surface area contributed by atoms with Gasteiger partial charge in [-0.25, -0.2) is 5.43 Å². The molecular weight excluding hydrogens is 366 g/mol. The number of nitrogens with one attached hydrogen (secondary N) is 1. The first kappa shape index (κ1) is 18.4. The van der Waals surface area contributed by atoms with Crippen LogP contribution in [0, 0.1) is 6.92 Å². The number of aryl methyl sites for hydroxylation is 1. The summed E-state index contributed by atoms with van der Waals surface area (Å²) in [5, 5.41) is 8.80. The molecule has 0 aliphatic carbocycles. The first-order chi connectivity index (χ1) is 14.2. The molecule has 4 rings (SSSR count). The minimum atomic E-state index is -0.327. The van der Waals surface area contributed by atoms with Crippen molar-refractivity contribution in [1.29, 1.82) is 0 Å². The molecule has 0 spiro atoms. The number of furan rings is 1. The molecule has 1 aromatic carbocycles. The summed E-state index contributed by atoms with van der Waals surface area (Å²) >= 11 is 0. The molecule has 3 aromatic heterocycles. The number of aromatic nitrogens is 3. The summed E-state index contributed by atoms with van der Waals surface area (Å²) in [5.41, 5.74) is 6.51. The molecule has 0 aliphatic rings. The van der Waals surface area contributed by atoms with Gasteiger partial charge in [0.15, 0.2) is 0 Å². The summed E-state index contributed by atoms with van der Waals surface area (Å²) in [6.07, 6.45) is 8.42. The number of hydrazone groups is 1. The Balaban J connectivity index is 1.59. The van der Waals surface area contributed by atoms with Gasteiger partial charge in [-0.2, -0.15) is 10.2 Å².